The predicted molar refractivity (Wildman–Crippen MR) is 135 cm³/mol. The number of esters is 1. The van der Waals surface area contributed by atoms with Crippen molar-refractivity contribution in [1.82, 2.24) is 24.6 Å². The first kappa shape index (κ1) is 27.2. The molecule has 0 amide bonds. The van der Waals surface area contributed by atoms with Gasteiger partial charge in [-0.25, -0.2) is 9.55 Å². The lowest BCUT2D eigenvalue weighted by molar-refractivity contribution is -0.225. The van der Waals surface area contributed by atoms with Gasteiger partial charge in [-0.1, -0.05) is 18.2 Å². The van der Waals surface area contributed by atoms with E-state index < -0.39 is 43.8 Å². The van der Waals surface area contributed by atoms with Crippen LogP contribution in [0.2, 0.25) is 0 Å². The van der Waals surface area contributed by atoms with Crippen LogP contribution < -0.4 is 20.1 Å². The van der Waals surface area contributed by atoms with E-state index in [0.717, 1.165) is 0 Å². The summed E-state index contributed by atoms with van der Waals surface area (Å²) in [4.78, 5) is 24.6. The second-order valence-corrected chi connectivity index (χ2v) is 10.7. The molecular formula is C23H29N6O9P. The molecule has 2 aliphatic heterocycles. The fraction of sp³-hybridized carbons (Fsp3) is 0.478. The van der Waals surface area contributed by atoms with E-state index in [-0.39, 0.29) is 24.2 Å². The fourth-order valence-electron chi connectivity index (χ4n) is 4.58. The van der Waals surface area contributed by atoms with Crippen molar-refractivity contribution in [1.29, 1.82) is 0 Å². The van der Waals surface area contributed by atoms with Crippen LogP contribution in [0.25, 0.3) is 11.2 Å². The van der Waals surface area contributed by atoms with Crippen LogP contribution in [0.4, 0.5) is 5.95 Å². The van der Waals surface area contributed by atoms with Gasteiger partial charge in [0.15, 0.2) is 17.4 Å². The third-order valence-corrected chi connectivity index (χ3v) is 8.22. The van der Waals surface area contributed by atoms with Crippen molar-refractivity contribution in [3.8, 4) is 11.6 Å². The maximum atomic E-state index is 13.7. The normalized spacial score (nSPS) is 26.6. The van der Waals surface area contributed by atoms with E-state index in [1.54, 1.807) is 34.9 Å². The third-order valence-electron chi connectivity index (χ3n) is 6.57. The Morgan fingerprint density at radius 1 is 1.33 bits per heavy atom. The van der Waals surface area contributed by atoms with E-state index >= 15 is 0 Å². The quantitative estimate of drug-likeness (QED) is 0.235. The molecule has 0 bridgehead atoms. The lowest BCUT2D eigenvalue weighted by Gasteiger charge is -2.44. The monoisotopic (exact) mass is 564 g/mol. The van der Waals surface area contributed by atoms with Crippen LogP contribution >= 0.6 is 7.75 Å². The molecule has 16 heteroatoms. The molecule has 4 heterocycles. The number of nitrogens with zero attached hydrogens (tertiary/aromatic N) is 4. The largest absolute Gasteiger partial charge is 0.479 e. The molecule has 0 aliphatic carbocycles. The number of nitrogens with two attached hydrogens (primary N) is 1. The number of aliphatic hydroxyl groups excluding tert-OH is 1. The van der Waals surface area contributed by atoms with Gasteiger partial charge in [0, 0.05) is 6.42 Å². The zero-order valence-electron chi connectivity index (χ0n) is 21.4. The van der Waals surface area contributed by atoms with Gasteiger partial charge in [-0.05, 0) is 19.1 Å². The Bertz CT molecular complexity index is 1390. The van der Waals surface area contributed by atoms with E-state index in [2.05, 4.69) is 20.0 Å². The molecule has 5 rings (SSSR count). The highest BCUT2D eigenvalue weighted by molar-refractivity contribution is 7.52. The molecule has 4 N–H and O–H groups in total. The number of carbonyl (C=O) groups excluding carboxylic acids is 1. The van der Waals surface area contributed by atoms with Crippen LogP contribution in [0.5, 0.6) is 11.6 Å². The molecule has 15 nitrogen and oxygen atoms in total. The van der Waals surface area contributed by atoms with Crippen molar-refractivity contribution in [2.45, 2.75) is 43.4 Å². The number of benzene rings is 1. The van der Waals surface area contributed by atoms with Crippen LogP contribution in [-0.4, -0.2) is 81.9 Å². The number of aromatic nitrogens is 4. The molecule has 3 unspecified atom stereocenters. The summed E-state index contributed by atoms with van der Waals surface area (Å²) in [6, 6.07) is 7.29. The Hall–Kier alpha value is -3.33. The Labute approximate surface area is 223 Å². The van der Waals surface area contributed by atoms with Crippen molar-refractivity contribution >= 4 is 30.8 Å². The number of hydrogen-bond donors (Lipinski definition) is 3. The highest BCUT2D eigenvalue weighted by Crippen LogP contribution is 2.51. The maximum absolute atomic E-state index is 13.7. The average Bonchev–Trinajstić information content (AvgIpc) is 3.45. The highest BCUT2D eigenvalue weighted by atomic mass is 31.2. The van der Waals surface area contributed by atoms with Gasteiger partial charge >= 0.3 is 13.7 Å². The number of para-hydroxylation sites is 1. The molecule has 1 aromatic carbocycles. The molecule has 2 fully saturated rings. The fourth-order valence-corrected chi connectivity index (χ4v) is 6.08. The number of ether oxygens (including phenoxy) is 4. The van der Waals surface area contributed by atoms with Crippen LogP contribution in [0.3, 0.4) is 0 Å². The van der Waals surface area contributed by atoms with Crippen molar-refractivity contribution in [3.63, 3.8) is 0 Å². The summed E-state index contributed by atoms with van der Waals surface area (Å²) in [6.07, 6.45) is -1.14. The number of rotatable bonds is 10. The zero-order chi connectivity index (χ0) is 27.8. The van der Waals surface area contributed by atoms with Crippen molar-refractivity contribution in [2.24, 2.45) is 0 Å². The second kappa shape index (κ2) is 10.7. The Morgan fingerprint density at radius 2 is 2.08 bits per heavy atom. The van der Waals surface area contributed by atoms with Gasteiger partial charge in [0.1, 0.15) is 29.6 Å². The molecular weight excluding hydrogens is 535 g/mol. The zero-order valence-corrected chi connectivity index (χ0v) is 22.3. The molecule has 6 atom stereocenters. The number of imidazole rings is 1. The number of anilines is 1. The Kier molecular flexibility index (Phi) is 7.46. The number of fused-ring (bicyclic) bond motifs is 1. The van der Waals surface area contributed by atoms with Gasteiger partial charge in [-0.15, -0.1) is 0 Å². The molecule has 2 aromatic heterocycles. The SMILES string of the molecule is COC(=O)[C@H](C)NP(=O)(OCC1OC(n2cnc3c(OC)nc(N)nc32)[C@@]2(CCO2)[C@@H]1O)Oc1ccccc1. The average molecular weight is 564 g/mol. The van der Waals surface area contributed by atoms with Crippen molar-refractivity contribution in [2.75, 3.05) is 33.2 Å². The summed E-state index contributed by atoms with van der Waals surface area (Å²) in [5.74, 6) is -0.278. The predicted octanol–water partition coefficient (Wildman–Crippen LogP) is 1.19. The van der Waals surface area contributed by atoms with Gasteiger partial charge in [-0.3, -0.25) is 13.9 Å². The lowest BCUT2D eigenvalue weighted by Crippen LogP contribution is -2.56. The summed E-state index contributed by atoms with van der Waals surface area (Å²) >= 11 is 0. The van der Waals surface area contributed by atoms with E-state index in [9.17, 15) is 14.5 Å². The molecule has 2 saturated heterocycles. The minimum Gasteiger partial charge on any atom is -0.479 e. The molecule has 3 aromatic rings. The molecule has 39 heavy (non-hydrogen) atoms. The smallest absolute Gasteiger partial charge is 0.459 e. The summed E-state index contributed by atoms with van der Waals surface area (Å²) < 4.78 is 48.7. The molecule has 0 saturated carbocycles. The summed E-state index contributed by atoms with van der Waals surface area (Å²) in [7, 11) is -1.52. The van der Waals surface area contributed by atoms with Gasteiger partial charge in [-0.2, -0.15) is 15.1 Å². The Morgan fingerprint density at radius 3 is 2.72 bits per heavy atom. The van der Waals surface area contributed by atoms with Crippen molar-refractivity contribution in [3.05, 3.63) is 36.7 Å². The third kappa shape index (κ3) is 5.04. The van der Waals surface area contributed by atoms with Gasteiger partial charge in [0.25, 0.3) is 0 Å². The van der Waals surface area contributed by atoms with E-state index in [1.807, 2.05) is 0 Å². The van der Waals surface area contributed by atoms with Crippen LogP contribution in [0.1, 0.15) is 19.6 Å². The van der Waals surface area contributed by atoms with E-state index in [0.29, 0.717) is 24.2 Å². The number of nitrogens with one attached hydrogen (secondary N) is 1. The van der Waals surface area contributed by atoms with E-state index in [1.165, 1.54) is 27.5 Å². The highest BCUT2D eigenvalue weighted by Gasteiger charge is 2.62. The minimum absolute atomic E-state index is 0.0343. The van der Waals surface area contributed by atoms with E-state index in [4.69, 9.17) is 33.7 Å². The summed E-state index contributed by atoms with van der Waals surface area (Å²) in [5.41, 5.74) is 5.38. The molecule has 0 radical (unpaired) electrons. The maximum Gasteiger partial charge on any atom is 0.459 e. The Balaban J connectivity index is 1.40. The number of methoxy groups -OCH3 is 2. The molecule has 2 aliphatic rings. The second-order valence-electron chi connectivity index (χ2n) is 9.01. The minimum atomic E-state index is -4.17. The number of aliphatic hydroxyl groups is 1. The molecule has 1 spiro atoms. The topological polar surface area (TPSA) is 191 Å². The summed E-state index contributed by atoms with van der Waals surface area (Å²) in [5, 5.41) is 13.8. The van der Waals surface area contributed by atoms with Crippen molar-refractivity contribution < 1.29 is 42.5 Å². The van der Waals surface area contributed by atoms with Gasteiger partial charge < -0.3 is 34.3 Å². The molecule has 210 valence electrons. The number of hydrogen-bond acceptors (Lipinski definition) is 13. The number of nitrogen functional groups attached to an aromatic ring is 1. The van der Waals surface area contributed by atoms with Crippen LogP contribution in [0, 0.1) is 0 Å². The van der Waals surface area contributed by atoms with Gasteiger partial charge in [0.2, 0.25) is 11.8 Å². The first-order valence-corrected chi connectivity index (χ1v) is 13.6. The van der Waals surface area contributed by atoms with Gasteiger partial charge in [0.05, 0.1) is 33.8 Å². The number of carbonyl (C=O) groups is 1. The van der Waals surface area contributed by atoms with Crippen LogP contribution in [-0.2, 0) is 28.1 Å². The first-order valence-electron chi connectivity index (χ1n) is 12.1. The standard InChI is InChI=1S/C23H29N6O9P/c1-13(20(31)34-3)28-39(32,38-14-7-5-4-6-8-14)36-11-15-17(30)23(9-10-35-23)21(37-15)29-12-25-16-18(29)26-22(24)27-19(16)33-2/h4-8,12-13,15,17,21,30H,9-11H2,1-3H3,(H,28,32)(H2,24,26,27)/t13-,15?,17+,21?,23+,39?/m0/s1. The van der Waals surface area contributed by atoms with Crippen LogP contribution in [0.15, 0.2) is 36.7 Å². The summed E-state index contributed by atoms with van der Waals surface area (Å²) in [6.45, 7) is 1.47. The lowest BCUT2D eigenvalue weighted by atomic mass is 9.86. The first-order chi connectivity index (χ1) is 18.7.